The van der Waals surface area contributed by atoms with Crippen LogP contribution in [0.1, 0.15) is 38.6 Å². The van der Waals surface area contributed by atoms with E-state index in [0.29, 0.717) is 23.7 Å². The van der Waals surface area contributed by atoms with Crippen LogP contribution in [0.3, 0.4) is 0 Å². The highest BCUT2D eigenvalue weighted by Crippen LogP contribution is 2.33. The van der Waals surface area contributed by atoms with Crippen LogP contribution in [0.2, 0.25) is 0 Å². The van der Waals surface area contributed by atoms with Crippen LogP contribution >= 0.6 is 0 Å². The maximum atomic E-state index is 12.0. The van der Waals surface area contributed by atoms with Gasteiger partial charge in [-0.1, -0.05) is 43.3 Å². The second kappa shape index (κ2) is 6.16. The summed E-state index contributed by atoms with van der Waals surface area (Å²) in [6.07, 6.45) is 1.66. The summed E-state index contributed by atoms with van der Waals surface area (Å²) in [6, 6.07) is 6.68. The summed E-state index contributed by atoms with van der Waals surface area (Å²) in [5.41, 5.74) is 0.557. The largest absolute Gasteiger partial charge is 0.377 e. The van der Waals surface area contributed by atoms with Crippen molar-refractivity contribution in [3.05, 3.63) is 35.7 Å². The predicted octanol–water partition coefficient (Wildman–Crippen LogP) is 2.15. The molecule has 2 aliphatic heterocycles. The number of urea groups is 1. The van der Waals surface area contributed by atoms with E-state index in [-0.39, 0.29) is 17.4 Å². The Morgan fingerprint density at radius 3 is 2.52 bits per heavy atom. The summed E-state index contributed by atoms with van der Waals surface area (Å²) in [4.78, 5) is 27.9. The third-order valence-corrected chi connectivity index (χ3v) is 5.13. The fraction of sp³-hybridized carbons (Fsp3) is 0.474. The van der Waals surface area contributed by atoms with Gasteiger partial charge in [-0.25, -0.2) is 4.79 Å². The van der Waals surface area contributed by atoms with E-state index in [1.54, 1.807) is 19.1 Å². The van der Waals surface area contributed by atoms with Crippen molar-refractivity contribution in [3.8, 4) is 11.4 Å². The monoisotopic (exact) mass is 370 g/mol. The van der Waals surface area contributed by atoms with Crippen LogP contribution in [0, 0.1) is 5.41 Å². The zero-order chi connectivity index (χ0) is 19.2. The zero-order valence-corrected chi connectivity index (χ0v) is 15.5. The minimum absolute atomic E-state index is 0.0973. The first-order chi connectivity index (χ1) is 12.7. The molecular weight excluding hydrogens is 348 g/mol. The highest BCUT2D eigenvalue weighted by Gasteiger charge is 2.43. The molecule has 8 heteroatoms. The molecule has 2 atom stereocenters. The first-order valence-electron chi connectivity index (χ1n) is 8.94. The topological polar surface area (TPSA) is 106 Å². The number of nitrogens with zero attached hydrogens (tertiary/aromatic N) is 2. The molecule has 0 aliphatic carbocycles. The molecule has 2 aliphatic rings. The van der Waals surface area contributed by atoms with Gasteiger partial charge in [-0.05, 0) is 24.3 Å². The SMILES string of the molecule is CC1(C)COC(Cc2nc(-c3ccc(C4(C)NC(=O)NC4=O)cc3)no2)C1. The minimum atomic E-state index is -1.08. The van der Waals surface area contributed by atoms with E-state index >= 15 is 0 Å². The number of rotatable bonds is 4. The highest BCUT2D eigenvalue weighted by molar-refractivity contribution is 6.07. The van der Waals surface area contributed by atoms with E-state index < -0.39 is 11.6 Å². The summed E-state index contributed by atoms with van der Waals surface area (Å²) < 4.78 is 11.2. The van der Waals surface area contributed by atoms with Crippen molar-refractivity contribution in [2.45, 2.75) is 45.3 Å². The average molecular weight is 370 g/mol. The second-order valence-corrected chi connectivity index (χ2v) is 8.13. The van der Waals surface area contributed by atoms with E-state index in [0.717, 1.165) is 18.6 Å². The molecule has 2 fully saturated rings. The van der Waals surface area contributed by atoms with Crippen LogP contribution in [0.4, 0.5) is 4.79 Å². The standard InChI is InChI=1S/C19H22N4O4/c1-18(2)9-13(26-10-18)8-14-20-15(23-27-14)11-4-6-12(7-5-11)19(3)16(24)21-17(25)22-19/h4-7,13H,8-10H2,1-3H3,(H2,21,22,24,25). The molecule has 27 heavy (non-hydrogen) atoms. The number of carbonyl (C=O) groups is 2. The predicted molar refractivity (Wildman–Crippen MR) is 95.6 cm³/mol. The van der Waals surface area contributed by atoms with Crippen LogP contribution in [-0.2, 0) is 21.5 Å². The molecule has 0 spiro atoms. The van der Waals surface area contributed by atoms with Gasteiger partial charge in [0.05, 0.1) is 19.1 Å². The van der Waals surface area contributed by atoms with Crippen molar-refractivity contribution in [1.82, 2.24) is 20.8 Å². The lowest BCUT2D eigenvalue weighted by Crippen LogP contribution is -2.40. The fourth-order valence-corrected chi connectivity index (χ4v) is 3.56. The number of imide groups is 1. The Hall–Kier alpha value is -2.74. The van der Waals surface area contributed by atoms with Crippen LogP contribution in [0.5, 0.6) is 0 Å². The van der Waals surface area contributed by atoms with Crippen LogP contribution in [-0.4, -0.2) is 34.8 Å². The van der Waals surface area contributed by atoms with E-state index in [4.69, 9.17) is 9.26 Å². The number of aromatic nitrogens is 2. The Kier molecular flexibility index (Phi) is 4.03. The maximum Gasteiger partial charge on any atom is 0.322 e. The molecule has 0 bridgehead atoms. The molecule has 3 heterocycles. The number of hydrogen-bond acceptors (Lipinski definition) is 6. The third-order valence-electron chi connectivity index (χ3n) is 5.13. The highest BCUT2D eigenvalue weighted by atomic mass is 16.5. The van der Waals surface area contributed by atoms with Crippen molar-refractivity contribution in [3.63, 3.8) is 0 Å². The average Bonchev–Trinajstić information content (AvgIpc) is 3.27. The second-order valence-electron chi connectivity index (χ2n) is 8.13. The number of nitrogens with one attached hydrogen (secondary N) is 2. The molecule has 0 saturated carbocycles. The zero-order valence-electron chi connectivity index (χ0n) is 15.5. The number of carbonyl (C=O) groups excluding carboxylic acids is 2. The summed E-state index contributed by atoms with van der Waals surface area (Å²) >= 11 is 0. The molecule has 1 aromatic heterocycles. The van der Waals surface area contributed by atoms with Gasteiger partial charge < -0.3 is 14.6 Å². The number of benzene rings is 1. The van der Waals surface area contributed by atoms with Crippen molar-refractivity contribution < 1.29 is 18.8 Å². The molecular formula is C19H22N4O4. The minimum Gasteiger partial charge on any atom is -0.377 e. The molecule has 4 rings (SSSR count). The van der Waals surface area contributed by atoms with Crippen molar-refractivity contribution in [1.29, 1.82) is 0 Å². The third kappa shape index (κ3) is 3.32. The molecule has 2 unspecified atom stereocenters. The Balaban J connectivity index is 1.48. The smallest absolute Gasteiger partial charge is 0.322 e. The van der Waals surface area contributed by atoms with Crippen molar-refractivity contribution >= 4 is 11.9 Å². The lowest BCUT2D eigenvalue weighted by molar-refractivity contribution is -0.123. The Labute approximate surface area is 156 Å². The number of amides is 3. The van der Waals surface area contributed by atoms with E-state index in [9.17, 15) is 9.59 Å². The van der Waals surface area contributed by atoms with Crippen molar-refractivity contribution in [2.24, 2.45) is 5.41 Å². The van der Waals surface area contributed by atoms with Gasteiger partial charge in [-0.2, -0.15) is 4.98 Å². The lowest BCUT2D eigenvalue weighted by atomic mass is 9.90. The first-order valence-corrected chi connectivity index (χ1v) is 8.94. The quantitative estimate of drug-likeness (QED) is 0.799. The van der Waals surface area contributed by atoms with Gasteiger partial charge in [0.2, 0.25) is 11.7 Å². The molecule has 8 nitrogen and oxygen atoms in total. The van der Waals surface area contributed by atoms with Gasteiger partial charge in [-0.3, -0.25) is 10.1 Å². The molecule has 2 aromatic rings. The van der Waals surface area contributed by atoms with E-state index in [1.807, 2.05) is 12.1 Å². The summed E-state index contributed by atoms with van der Waals surface area (Å²) in [5, 5.41) is 8.94. The van der Waals surface area contributed by atoms with E-state index in [1.165, 1.54) is 0 Å². The van der Waals surface area contributed by atoms with Crippen LogP contribution in [0.15, 0.2) is 28.8 Å². The van der Waals surface area contributed by atoms with Crippen LogP contribution < -0.4 is 10.6 Å². The van der Waals surface area contributed by atoms with Gasteiger partial charge >= 0.3 is 6.03 Å². The number of hydrogen-bond donors (Lipinski definition) is 2. The molecule has 2 saturated heterocycles. The van der Waals surface area contributed by atoms with Crippen LogP contribution in [0.25, 0.3) is 11.4 Å². The summed E-state index contributed by atoms with van der Waals surface area (Å²) in [5.74, 6) is 0.659. The summed E-state index contributed by atoms with van der Waals surface area (Å²) in [7, 11) is 0. The maximum absolute atomic E-state index is 12.0. The lowest BCUT2D eigenvalue weighted by Gasteiger charge is -2.20. The van der Waals surface area contributed by atoms with Gasteiger partial charge in [0.15, 0.2) is 0 Å². The Morgan fingerprint density at radius 1 is 1.19 bits per heavy atom. The fourth-order valence-electron chi connectivity index (χ4n) is 3.56. The van der Waals surface area contributed by atoms with Gasteiger partial charge in [0, 0.05) is 5.56 Å². The molecule has 142 valence electrons. The Bertz CT molecular complexity index is 889. The molecule has 2 N–H and O–H groups in total. The van der Waals surface area contributed by atoms with Crippen molar-refractivity contribution in [2.75, 3.05) is 6.61 Å². The number of ether oxygens (including phenoxy) is 1. The van der Waals surface area contributed by atoms with Gasteiger partial charge in [0.1, 0.15) is 5.54 Å². The van der Waals surface area contributed by atoms with E-state index in [2.05, 4.69) is 34.6 Å². The Morgan fingerprint density at radius 2 is 1.93 bits per heavy atom. The molecule has 1 aromatic carbocycles. The molecule has 3 amide bonds. The first kappa shape index (κ1) is 17.7. The molecule has 0 radical (unpaired) electrons. The normalized spacial score (nSPS) is 26.9. The summed E-state index contributed by atoms with van der Waals surface area (Å²) in [6.45, 7) is 6.77. The van der Waals surface area contributed by atoms with Gasteiger partial charge in [0.25, 0.3) is 5.91 Å². The van der Waals surface area contributed by atoms with Gasteiger partial charge in [-0.15, -0.1) is 0 Å².